The third-order valence-corrected chi connectivity index (χ3v) is 5.18. The minimum atomic E-state index is 0.502. The molecule has 4 aromatic rings. The Bertz CT molecular complexity index is 1060. The van der Waals surface area contributed by atoms with E-state index in [9.17, 15) is 0 Å². The van der Waals surface area contributed by atoms with Gasteiger partial charge in [-0.05, 0) is 38.1 Å². The Morgan fingerprint density at radius 3 is 2.58 bits per heavy atom. The van der Waals surface area contributed by atoms with Gasteiger partial charge in [0.2, 0.25) is 0 Å². The van der Waals surface area contributed by atoms with Gasteiger partial charge in [0.1, 0.15) is 0 Å². The summed E-state index contributed by atoms with van der Waals surface area (Å²) in [5.74, 6) is 0. The standard InChI is InChI=1S/C19H17Cl2N5/c1-12-13(2)25-11-14(26-8-4-7-23-26)9-18(19(25)24-12)22-10-15-16(20)5-3-6-17(15)21/h3-9,11,22H,10H2,1-2H3. The van der Waals surface area contributed by atoms with Gasteiger partial charge in [0.15, 0.2) is 5.65 Å². The second-order valence-corrected chi connectivity index (χ2v) is 6.91. The Balaban J connectivity index is 1.79. The number of halogens is 2. The highest BCUT2D eigenvalue weighted by Gasteiger charge is 2.13. The number of imidazole rings is 1. The normalized spacial score (nSPS) is 11.2. The van der Waals surface area contributed by atoms with Gasteiger partial charge >= 0.3 is 0 Å². The maximum Gasteiger partial charge on any atom is 0.160 e. The van der Waals surface area contributed by atoms with Gasteiger partial charge in [0.05, 0.1) is 17.1 Å². The maximum atomic E-state index is 6.30. The van der Waals surface area contributed by atoms with E-state index < -0.39 is 0 Å². The fraction of sp³-hybridized carbons (Fsp3) is 0.158. The van der Waals surface area contributed by atoms with Gasteiger partial charge in [-0.1, -0.05) is 29.3 Å². The lowest BCUT2D eigenvalue weighted by Crippen LogP contribution is -2.06. The number of hydrogen-bond donors (Lipinski definition) is 1. The van der Waals surface area contributed by atoms with Gasteiger partial charge in [-0.2, -0.15) is 5.10 Å². The molecule has 0 saturated heterocycles. The highest BCUT2D eigenvalue weighted by atomic mass is 35.5. The average molecular weight is 386 g/mol. The summed E-state index contributed by atoms with van der Waals surface area (Å²) in [7, 11) is 0. The van der Waals surface area contributed by atoms with E-state index in [-0.39, 0.29) is 0 Å². The molecule has 1 aromatic carbocycles. The van der Waals surface area contributed by atoms with Crippen molar-refractivity contribution in [3.63, 3.8) is 0 Å². The van der Waals surface area contributed by atoms with Crippen LogP contribution in [0.3, 0.4) is 0 Å². The number of rotatable bonds is 4. The van der Waals surface area contributed by atoms with Crippen LogP contribution in [0.15, 0.2) is 48.9 Å². The van der Waals surface area contributed by atoms with E-state index in [2.05, 4.69) is 21.7 Å². The van der Waals surface area contributed by atoms with Crippen molar-refractivity contribution in [3.05, 3.63) is 75.9 Å². The number of nitrogens with zero attached hydrogens (tertiary/aromatic N) is 4. The summed E-state index contributed by atoms with van der Waals surface area (Å²) >= 11 is 12.6. The number of fused-ring (bicyclic) bond motifs is 1. The molecule has 0 atom stereocenters. The molecule has 3 heterocycles. The Labute approximate surface area is 161 Å². The van der Waals surface area contributed by atoms with E-state index in [1.54, 1.807) is 6.20 Å². The van der Waals surface area contributed by atoms with Crippen LogP contribution in [0.4, 0.5) is 5.69 Å². The van der Waals surface area contributed by atoms with Crippen molar-refractivity contribution in [2.24, 2.45) is 0 Å². The Kier molecular flexibility index (Phi) is 4.34. The largest absolute Gasteiger partial charge is 0.378 e. The van der Waals surface area contributed by atoms with Gasteiger partial charge in [-0.25, -0.2) is 9.67 Å². The summed E-state index contributed by atoms with van der Waals surface area (Å²) in [6, 6.07) is 9.44. The van der Waals surface area contributed by atoms with E-state index in [4.69, 9.17) is 28.2 Å². The molecule has 0 spiro atoms. The van der Waals surface area contributed by atoms with Crippen LogP contribution < -0.4 is 5.32 Å². The van der Waals surface area contributed by atoms with E-state index in [0.717, 1.165) is 34.0 Å². The van der Waals surface area contributed by atoms with E-state index in [0.29, 0.717) is 16.6 Å². The number of aromatic nitrogens is 4. The maximum absolute atomic E-state index is 6.30. The molecule has 0 saturated carbocycles. The van der Waals surface area contributed by atoms with Crippen molar-refractivity contribution in [1.82, 2.24) is 19.2 Å². The van der Waals surface area contributed by atoms with E-state index in [1.165, 1.54) is 0 Å². The quantitative estimate of drug-likeness (QED) is 0.534. The number of benzene rings is 1. The highest BCUT2D eigenvalue weighted by Crippen LogP contribution is 2.28. The monoisotopic (exact) mass is 385 g/mol. The van der Waals surface area contributed by atoms with Gasteiger partial charge in [0.25, 0.3) is 0 Å². The van der Waals surface area contributed by atoms with E-state index >= 15 is 0 Å². The second kappa shape index (κ2) is 6.67. The summed E-state index contributed by atoms with van der Waals surface area (Å²) in [6.07, 6.45) is 5.70. The molecule has 4 rings (SSSR count). The van der Waals surface area contributed by atoms with Crippen LogP contribution >= 0.6 is 23.2 Å². The van der Waals surface area contributed by atoms with Crippen molar-refractivity contribution in [2.45, 2.75) is 20.4 Å². The first-order valence-electron chi connectivity index (χ1n) is 8.20. The Hall–Kier alpha value is -2.50. The summed E-state index contributed by atoms with van der Waals surface area (Å²) in [4.78, 5) is 4.70. The van der Waals surface area contributed by atoms with Crippen molar-refractivity contribution in [3.8, 4) is 5.69 Å². The number of hydrogen-bond acceptors (Lipinski definition) is 3. The number of aryl methyl sites for hydroxylation is 2. The Morgan fingerprint density at radius 1 is 1.12 bits per heavy atom. The lowest BCUT2D eigenvalue weighted by Gasteiger charge is -2.13. The van der Waals surface area contributed by atoms with Crippen LogP contribution in [-0.2, 0) is 6.54 Å². The molecule has 0 radical (unpaired) electrons. The zero-order valence-electron chi connectivity index (χ0n) is 14.4. The molecule has 5 nitrogen and oxygen atoms in total. The summed E-state index contributed by atoms with van der Waals surface area (Å²) in [5, 5.41) is 9.04. The smallest absolute Gasteiger partial charge is 0.160 e. The van der Waals surface area contributed by atoms with Gasteiger partial charge < -0.3 is 9.72 Å². The Morgan fingerprint density at radius 2 is 1.88 bits per heavy atom. The summed E-state index contributed by atoms with van der Waals surface area (Å²) < 4.78 is 3.89. The average Bonchev–Trinajstić information content (AvgIpc) is 3.24. The first-order chi connectivity index (χ1) is 12.5. The highest BCUT2D eigenvalue weighted by molar-refractivity contribution is 6.36. The fourth-order valence-electron chi connectivity index (χ4n) is 2.92. The lowest BCUT2D eigenvalue weighted by atomic mass is 10.2. The minimum Gasteiger partial charge on any atom is -0.378 e. The fourth-order valence-corrected chi connectivity index (χ4v) is 3.45. The SMILES string of the molecule is Cc1nc2c(NCc3c(Cl)cccc3Cl)cc(-n3cccn3)cn2c1C. The molecule has 132 valence electrons. The van der Waals surface area contributed by atoms with Crippen LogP contribution in [0, 0.1) is 13.8 Å². The molecule has 0 aliphatic rings. The van der Waals surface area contributed by atoms with Crippen molar-refractivity contribution < 1.29 is 0 Å². The zero-order valence-corrected chi connectivity index (χ0v) is 15.9. The second-order valence-electron chi connectivity index (χ2n) is 6.09. The third kappa shape index (κ3) is 2.93. The molecule has 0 aliphatic heterocycles. The van der Waals surface area contributed by atoms with Crippen LogP contribution in [0.1, 0.15) is 17.0 Å². The third-order valence-electron chi connectivity index (χ3n) is 4.47. The van der Waals surface area contributed by atoms with Crippen LogP contribution in [-0.4, -0.2) is 19.2 Å². The number of anilines is 1. The van der Waals surface area contributed by atoms with Crippen LogP contribution in [0.2, 0.25) is 10.0 Å². The molecule has 0 aliphatic carbocycles. The van der Waals surface area contributed by atoms with E-state index in [1.807, 2.05) is 54.3 Å². The van der Waals surface area contributed by atoms with Crippen molar-refractivity contribution in [2.75, 3.05) is 5.32 Å². The van der Waals surface area contributed by atoms with Gasteiger partial charge in [-0.15, -0.1) is 0 Å². The molecule has 0 unspecified atom stereocenters. The summed E-state index contributed by atoms with van der Waals surface area (Å²) in [6.45, 7) is 4.56. The number of nitrogens with one attached hydrogen (secondary N) is 1. The van der Waals surface area contributed by atoms with Crippen LogP contribution in [0.5, 0.6) is 0 Å². The lowest BCUT2D eigenvalue weighted by molar-refractivity contribution is 0.867. The van der Waals surface area contributed by atoms with Crippen molar-refractivity contribution in [1.29, 1.82) is 0 Å². The van der Waals surface area contributed by atoms with Crippen molar-refractivity contribution >= 4 is 34.5 Å². The zero-order chi connectivity index (χ0) is 18.3. The number of pyridine rings is 1. The molecular weight excluding hydrogens is 369 g/mol. The molecule has 1 N–H and O–H groups in total. The molecule has 26 heavy (non-hydrogen) atoms. The molecule has 0 bridgehead atoms. The minimum absolute atomic E-state index is 0.502. The molecule has 0 fully saturated rings. The predicted octanol–water partition coefficient (Wildman–Crippen LogP) is 5.06. The molecule has 7 heteroatoms. The molecule has 3 aromatic heterocycles. The molecular formula is C19H17Cl2N5. The van der Waals surface area contributed by atoms with Gasteiger partial charge in [0, 0.05) is 46.4 Å². The molecule has 0 amide bonds. The van der Waals surface area contributed by atoms with Gasteiger partial charge in [-0.3, -0.25) is 0 Å². The summed E-state index contributed by atoms with van der Waals surface area (Å²) in [5.41, 5.74) is 5.63. The topological polar surface area (TPSA) is 47.2 Å². The predicted molar refractivity (Wildman–Crippen MR) is 106 cm³/mol. The first kappa shape index (κ1) is 16.9. The first-order valence-corrected chi connectivity index (χ1v) is 8.96. The van der Waals surface area contributed by atoms with Crippen LogP contribution in [0.25, 0.3) is 11.3 Å².